The Hall–Kier alpha value is -2.10. The lowest BCUT2D eigenvalue weighted by atomic mass is 10.1. The fraction of sp³-hybridized carbons (Fsp3) is 0.333. The number of aryl methyl sites for hydroxylation is 3. The Balaban J connectivity index is 2.01. The molecule has 0 aliphatic heterocycles. The van der Waals surface area contributed by atoms with Crippen LogP contribution in [-0.2, 0) is 13.5 Å². The van der Waals surface area contributed by atoms with Crippen LogP contribution in [0.25, 0.3) is 0 Å². The molecule has 0 fully saturated rings. The molecule has 0 bridgehead atoms. The van der Waals surface area contributed by atoms with E-state index in [9.17, 15) is 4.79 Å². The van der Waals surface area contributed by atoms with E-state index in [-0.39, 0.29) is 0 Å². The number of benzene rings is 1. The van der Waals surface area contributed by atoms with Crippen LogP contribution >= 0.6 is 0 Å². The molecule has 0 saturated carbocycles. The van der Waals surface area contributed by atoms with E-state index in [1.54, 1.807) is 4.68 Å². The molecular weight excluding hydrogens is 240 g/mol. The van der Waals surface area contributed by atoms with Crippen molar-refractivity contribution < 1.29 is 9.53 Å². The molecule has 1 heterocycles. The first-order chi connectivity index (χ1) is 9.10. The van der Waals surface area contributed by atoms with E-state index in [0.717, 1.165) is 35.1 Å². The zero-order valence-electron chi connectivity index (χ0n) is 11.5. The summed E-state index contributed by atoms with van der Waals surface area (Å²) in [4.78, 5) is 10.8. The van der Waals surface area contributed by atoms with E-state index in [0.29, 0.717) is 12.2 Å². The van der Waals surface area contributed by atoms with Gasteiger partial charge in [-0.1, -0.05) is 0 Å². The topological polar surface area (TPSA) is 44.1 Å². The van der Waals surface area contributed by atoms with Crippen LogP contribution in [0.15, 0.2) is 24.5 Å². The van der Waals surface area contributed by atoms with Crippen LogP contribution in [0.2, 0.25) is 0 Å². The molecule has 0 amide bonds. The molecular formula is C15H18N2O2. The van der Waals surface area contributed by atoms with E-state index < -0.39 is 0 Å². The second kappa shape index (κ2) is 5.69. The van der Waals surface area contributed by atoms with Crippen LogP contribution < -0.4 is 4.74 Å². The van der Waals surface area contributed by atoms with Crippen molar-refractivity contribution in [2.45, 2.75) is 20.3 Å². The molecule has 2 rings (SSSR count). The number of rotatable bonds is 5. The van der Waals surface area contributed by atoms with E-state index in [4.69, 9.17) is 4.74 Å². The van der Waals surface area contributed by atoms with Gasteiger partial charge in [0, 0.05) is 25.2 Å². The summed E-state index contributed by atoms with van der Waals surface area (Å²) in [7, 11) is 1.90. The number of carbonyl (C=O) groups excluding carboxylic acids is 1. The number of aromatic nitrogens is 2. The average molecular weight is 258 g/mol. The molecule has 4 nitrogen and oxygen atoms in total. The lowest BCUT2D eigenvalue weighted by Gasteiger charge is -2.12. The van der Waals surface area contributed by atoms with Gasteiger partial charge in [-0.25, -0.2) is 0 Å². The standard InChI is InChI=1S/C15H18N2O2/c1-11-6-14(10-18)7-12(2)15(11)19-5-4-13-8-16-17(3)9-13/h6-10H,4-5H2,1-3H3. The van der Waals surface area contributed by atoms with Gasteiger partial charge in [-0.2, -0.15) is 5.10 Å². The Bertz CT molecular complexity index is 565. The summed E-state index contributed by atoms with van der Waals surface area (Å²) in [6.07, 6.45) is 5.51. The maximum absolute atomic E-state index is 10.8. The molecule has 19 heavy (non-hydrogen) atoms. The summed E-state index contributed by atoms with van der Waals surface area (Å²) in [6.45, 7) is 4.52. The van der Waals surface area contributed by atoms with Crippen molar-refractivity contribution in [1.29, 1.82) is 0 Å². The fourth-order valence-electron chi connectivity index (χ4n) is 2.15. The van der Waals surface area contributed by atoms with Crippen LogP contribution in [0, 0.1) is 13.8 Å². The molecule has 1 aromatic carbocycles. The van der Waals surface area contributed by atoms with Crippen molar-refractivity contribution in [3.63, 3.8) is 0 Å². The van der Waals surface area contributed by atoms with Crippen molar-refractivity contribution in [3.05, 3.63) is 46.8 Å². The zero-order chi connectivity index (χ0) is 13.8. The van der Waals surface area contributed by atoms with E-state index in [1.807, 2.05) is 45.4 Å². The Kier molecular flexibility index (Phi) is 4.00. The van der Waals surface area contributed by atoms with Crippen molar-refractivity contribution in [2.24, 2.45) is 7.05 Å². The first-order valence-electron chi connectivity index (χ1n) is 6.27. The number of nitrogens with zero attached hydrogens (tertiary/aromatic N) is 2. The number of hydrogen-bond acceptors (Lipinski definition) is 3. The van der Waals surface area contributed by atoms with Gasteiger partial charge in [0.15, 0.2) is 0 Å². The van der Waals surface area contributed by atoms with Gasteiger partial charge in [0.05, 0.1) is 12.8 Å². The maximum Gasteiger partial charge on any atom is 0.150 e. The summed E-state index contributed by atoms with van der Waals surface area (Å²) in [5.41, 5.74) is 3.83. The molecule has 0 aliphatic rings. The fourth-order valence-corrected chi connectivity index (χ4v) is 2.15. The van der Waals surface area contributed by atoms with Gasteiger partial charge >= 0.3 is 0 Å². The Morgan fingerprint density at radius 3 is 2.53 bits per heavy atom. The van der Waals surface area contributed by atoms with Gasteiger partial charge in [0.25, 0.3) is 0 Å². The minimum absolute atomic E-state index is 0.605. The number of carbonyl (C=O) groups is 1. The normalized spacial score (nSPS) is 10.5. The lowest BCUT2D eigenvalue weighted by Crippen LogP contribution is -2.04. The Morgan fingerprint density at radius 2 is 2.00 bits per heavy atom. The van der Waals surface area contributed by atoms with Crippen LogP contribution in [0.1, 0.15) is 27.0 Å². The lowest BCUT2D eigenvalue weighted by molar-refractivity contribution is 0.112. The SMILES string of the molecule is Cc1cc(C=O)cc(C)c1OCCc1cnn(C)c1. The summed E-state index contributed by atoms with van der Waals surface area (Å²) >= 11 is 0. The van der Waals surface area contributed by atoms with Crippen molar-refractivity contribution in [3.8, 4) is 5.75 Å². The molecule has 0 N–H and O–H groups in total. The highest BCUT2D eigenvalue weighted by molar-refractivity contribution is 5.76. The number of ether oxygens (including phenoxy) is 1. The average Bonchev–Trinajstić information content (AvgIpc) is 2.78. The molecule has 0 spiro atoms. The molecule has 100 valence electrons. The second-order valence-electron chi connectivity index (χ2n) is 4.72. The zero-order valence-corrected chi connectivity index (χ0v) is 11.5. The van der Waals surface area contributed by atoms with E-state index >= 15 is 0 Å². The first-order valence-corrected chi connectivity index (χ1v) is 6.27. The highest BCUT2D eigenvalue weighted by atomic mass is 16.5. The highest BCUT2D eigenvalue weighted by Crippen LogP contribution is 2.24. The minimum atomic E-state index is 0.605. The molecule has 0 unspecified atom stereocenters. The van der Waals surface area contributed by atoms with E-state index in [1.165, 1.54) is 0 Å². The molecule has 1 aromatic heterocycles. The second-order valence-corrected chi connectivity index (χ2v) is 4.72. The van der Waals surface area contributed by atoms with Gasteiger partial charge in [0.1, 0.15) is 12.0 Å². The minimum Gasteiger partial charge on any atom is -0.493 e. The Labute approximate surface area is 113 Å². The molecule has 0 radical (unpaired) electrons. The maximum atomic E-state index is 10.8. The first kappa shape index (κ1) is 13.3. The van der Waals surface area contributed by atoms with Crippen molar-refractivity contribution >= 4 is 6.29 Å². The van der Waals surface area contributed by atoms with Gasteiger partial charge in [-0.15, -0.1) is 0 Å². The van der Waals surface area contributed by atoms with Crippen molar-refractivity contribution in [1.82, 2.24) is 9.78 Å². The quantitative estimate of drug-likeness (QED) is 0.774. The molecule has 0 saturated heterocycles. The summed E-state index contributed by atoms with van der Waals surface area (Å²) in [5.74, 6) is 0.870. The molecule has 4 heteroatoms. The summed E-state index contributed by atoms with van der Waals surface area (Å²) < 4.78 is 7.61. The third-order valence-electron chi connectivity index (χ3n) is 3.01. The van der Waals surface area contributed by atoms with Gasteiger partial charge in [-0.3, -0.25) is 9.48 Å². The van der Waals surface area contributed by atoms with E-state index in [2.05, 4.69) is 5.10 Å². The van der Waals surface area contributed by atoms with Crippen LogP contribution in [0.3, 0.4) is 0 Å². The summed E-state index contributed by atoms with van der Waals surface area (Å²) in [5, 5.41) is 4.12. The number of hydrogen-bond donors (Lipinski definition) is 0. The predicted octanol–water partition coefficient (Wildman–Crippen LogP) is 2.47. The smallest absolute Gasteiger partial charge is 0.150 e. The summed E-state index contributed by atoms with van der Waals surface area (Å²) in [6, 6.07) is 3.69. The monoisotopic (exact) mass is 258 g/mol. The number of aldehydes is 1. The van der Waals surface area contributed by atoms with Gasteiger partial charge < -0.3 is 4.74 Å². The van der Waals surface area contributed by atoms with Crippen molar-refractivity contribution in [2.75, 3.05) is 6.61 Å². The molecule has 0 aliphatic carbocycles. The third kappa shape index (κ3) is 3.22. The predicted molar refractivity (Wildman–Crippen MR) is 73.7 cm³/mol. The van der Waals surface area contributed by atoms with Gasteiger partial charge in [-0.05, 0) is 42.7 Å². The molecule has 0 atom stereocenters. The van der Waals surface area contributed by atoms with Crippen LogP contribution in [-0.4, -0.2) is 22.7 Å². The highest BCUT2D eigenvalue weighted by Gasteiger charge is 2.06. The van der Waals surface area contributed by atoms with Crippen LogP contribution in [0.4, 0.5) is 0 Å². The third-order valence-corrected chi connectivity index (χ3v) is 3.01. The van der Waals surface area contributed by atoms with Gasteiger partial charge in [0.2, 0.25) is 0 Å². The largest absolute Gasteiger partial charge is 0.493 e. The Morgan fingerprint density at radius 1 is 1.32 bits per heavy atom. The van der Waals surface area contributed by atoms with Crippen LogP contribution in [0.5, 0.6) is 5.75 Å². The molecule has 2 aromatic rings.